The Balaban J connectivity index is 2.69. The van der Waals surface area contributed by atoms with Crippen LogP contribution in [0.5, 0.6) is 0 Å². The van der Waals surface area contributed by atoms with Crippen molar-refractivity contribution in [2.45, 2.75) is 20.8 Å². The first kappa shape index (κ1) is 11.5. The molecule has 0 radical (unpaired) electrons. The van der Waals surface area contributed by atoms with Gasteiger partial charge in [0.2, 0.25) is 0 Å². The number of hydrogen-bond acceptors (Lipinski definition) is 1. The highest BCUT2D eigenvalue weighted by Gasteiger charge is 2.12. The van der Waals surface area contributed by atoms with Crippen molar-refractivity contribution in [1.82, 2.24) is 4.57 Å². The van der Waals surface area contributed by atoms with Crippen LogP contribution in [0.15, 0.2) is 24.3 Å². The third kappa shape index (κ3) is 1.85. The minimum absolute atomic E-state index is 0.753. The van der Waals surface area contributed by atoms with Gasteiger partial charge in [-0.05, 0) is 38.5 Å². The van der Waals surface area contributed by atoms with Gasteiger partial charge in [0.15, 0.2) is 0 Å². The molecule has 2 nitrogen and oxygen atoms in total. The van der Waals surface area contributed by atoms with Gasteiger partial charge in [0.25, 0.3) is 0 Å². The van der Waals surface area contributed by atoms with Crippen molar-refractivity contribution in [3.05, 3.63) is 46.6 Å². The van der Waals surface area contributed by atoms with Crippen LogP contribution in [0.2, 0.25) is 0 Å². The number of aryl methyl sites for hydroxylation is 2. The third-order valence-corrected chi connectivity index (χ3v) is 3.32. The largest absolute Gasteiger partial charge is 0.347 e. The van der Waals surface area contributed by atoms with Crippen molar-refractivity contribution in [1.29, 1.82) is 5.26 Å². The summed E-state index contributed by atoms with van der Waals surface area (Å²) in [5.41, 5.74) is 6.56. The molecular formula is C15H16N2. The number of aromatic nitrogens is 1. The van der Waals surface area contributed by atoms with Gasteiger partial charge in [-0.2, -0.15) is 5.26 Å². The van der Waals surface area contributed by atoms with Crippen LogP contribution < -0.4 is 0 Å². The summed E-state index contributed by atoms with van der Waals surface area (Å²) in [7, 11) is 2.01. The number of benzene rings is 1. The minimum Gasteiger partial charge on any atom is -0.347 e. The first-order valence-electron chi connectivity index (χ1n) is 5.68. The highest BCUT2D eigenvalue weighted by Crippen LogP contribution is 2.27. The quantitative estimate of drug-likeness (QED) is 0.729. The molecule has 0 amide bonds. The van der Waals surface area contributed by atoms with Crippen LogP contribution in [-0.2, 0) is 7.05 Å². The molecule has 2 heteroatoms. The maximum atomic E-state index is 9.06. The van der Waals surface area contributed by atoms with Gasteiger partial charge in [-0.25, -0.2) is 0 Å². The number of rotatable bonds is 1. The van der Waals surface area contributed by atoms with E-state index in [4.69, 9.17) is 5.26 Å². The van der Waals surface area contributed by atoms with Crippen molar-refractivity contribution < 1.29 is 0 Å². The van der Waals surface area contributed by atoms with Crippen molar-refractivity contribution in [3.8, 4) is 17.3 Å². The fourth-order valence-electron chi connectivity index (χ4n) is 2.08. The van der Waals surface area contributed by atoms with E-state index in [0.717, 1.165) is 17.0 Å². The molecular weight excluding hydrogens is 208 g/mol. The van der Waals surface area contributed by atoms with Crippen molar-refractivity contribution >= 4 is 0 Å². The number of nitrogens with zero attached hydrogens (tertiary/aromatic N) is 2. The SMILES string of the molecule is Cc1ccc(C)c(-c2cc(C#N)c(C)n2C)c1. The Morgan fingerprint density at radius 3 is 2.41 bits per heavy atom. The summed E-state index contributed by atoms with van der Waals surface area (Å²) in [5, 5.41) is 9.06. The zero-order valence-electron chi connectivity index (χ0n) is 10.7. The van der Waals surface area contributed by atoms with Crippen LogP contribution in [0, 0.1) is 32.1 Å². The first-order valence-corrected chi connectivity index (χ1v) is 5.68. The predicted molar refractivity (Wildman–Crippen MR) is 69.8 cm³/mol. The van der Waals surface area contributed by atoms with Crippen molar-refractivity contribution in [2.24, 2.45) is 7.05 Å². The Labute approximate surface area is 102 Å². The molecule has 1 heterocycles. The summed E-state index contributed by atoms with van der Waals surface area (Å²) in [5.74, 6) is 0. The maximum absolute atomic E-state index is 9.06. The van der Waals surface area contributed by atoms with Gasteiger partial charge in [0.1, 0.15) is 6.07 Å². The molecule has 2 rings (SSSR count). The van der Waals surface area contributed by atoms with Gasteiger partial charge in [-0.15, -0.1) is 0 Å². The van der Waals surface area contributed by atoms with E-state index in [0.29, 0.717) is 0 Å². The number of nitriles is 1. The molecule has 0 unspecified atom stereocenters. The zero-order chi connectivity index (χ0) is 12.6. The lowest BCUT2D eigenvalue weighted by Crippen LogP contribution is -1.96. The normalized spacial score (nSPS) is 10.3. The van der Waals surface area contributed by atoms with Crippen LogP contribution in [0.3, 0.4) is 0 Å². The van der Waals surface area contributed by atoms with E-state index < -0.39 is 0 Å². The molecule has 0 saturated carbocycles. The average Bonchev–Trinajstić information content (AvgIpc) is 2.59. The molecule has 0 atom stereocenters. The van der Waals surface area contributed by atoms with Gasteiger partial charge in [0, 0.05) is 24.0 Å². The zero-order valence-corrected chi connectivity index (χ0v) is 10.7. The summed E-state index contributed by atoms with van der Waals surface area (Å²) in [6.45, 7) is 6.17. The van der Waals surface area contributed by atoms with Crippen molar-refractivity contribution in [3.63, 3.8) is 0 Å². The van der Waals surface area contributed by atoms with Crippen LogP contribution in [-0.4, -0.2) is 4.57 Å². The Morgan fingerprint density at radius 2 is 1.82 bits per heavy atom. The molecule has 0 aliphatic heterocycles. The first-order chi connectivity index (χ1) is 8.04. The molecule has 0 N–H and O–H groups in total. The monoisotopic (exact) mass is 224 g/mol. The molecule has 0 aliphatic carbocycles. The molecule has 0 spiro atoms. The Hall–Kier alpha value is -2.01. The summed E-state index contributed by atoms with van der Waals surface area (Å²) in [6, 6.07) is 10.6. The molecule has 17 heavy (non-hydrogen) atoms. The lowest BCUT2D eigenvalue weighted by atomic mass is 10.0. The van der Waals surface area contributed by atoms with E-state index in [-0.39, 0.29) is 0 Å². The van der Waals surface area contributed by atoms with Gasteiger partial charge in [0.05, 0.1) is 5.56 Å². The molecule has 0 bridgehead atoms. The predicted octanol–water partition coefficient (Wildman–Crippen LogP) is 3.49. The van der Waals surface area contributed by atoms with E-state index in [1.165, 1.54) is 16.7 Å². The highest BCUT2D eigenvalue weighted by atomic mass is 15.0. The van der Waals surface area contributed by atoms with E-state index in [9.17, 15) is 0 Å². The molecule has 0 fully saturated rings. The Bertz CT molecular complexity index is 613. The molecule has 2 aromatic rings. The summed E-state index contributed by atoms with van der Waals surface area (Å²) < 4.78 is 2.08. The van der Waals surface area contributed by atoms with Crippen molar-refractivity contribution in [2.75, 3.05) is 0 Å². The fraction of sp³-hybridized carbons (Fsp3) is 0.267. The minimum atomic E-state index is 0.753. The summed E-state index contributed by atoms with van der Waals surface area (Å²) in [6.07, 6.45) is 0. The fourth-order valence-corrected chi connectivity index (χ4v) is 2.08. The topological polar surface area (TPSA) is 28.7 Å². The molecule has 1 aromatic carbocycles. The smallest absolute Gasteiger partial charge is 0.101 e. The lowest BCUT2D eigenvalue weighted by molar-refractivity contribution is 0.887. The van der Waals surface area contributed by atoms with Crippen LogP contribution in [0.25, 0.3) is 11.3 Å². The molecule has 0 saturated heterocycles. The van der Waals surface area contributed by atoms with Crippen LogP contribution in [0.1, 0.15) is 22.4 Å². The second-order valence-electron chi connectivity index (χ2n) is 4.52. The Morgan fingerprint density at radius 1 is 1.12 bits per heavy atom. The van der Waals surface area contributed by atoms with E-state index in [2.05, 4.69) is 42.7 Å². The van der Waals surface area contributed by atoms with Crippen LogP contribution in [0.4, 0.5) is 0 Å². The van der Waals surface area contributed by atoms with Gasteiger partial charge in [-0.3, -0.25) is 0 Å². The lowest BCUT2D eigenvalue weighted by Gasteiger charge is -2.09. The average molecular weight is 224 g/mol. The molecule has 86 valence electrons. The van der Waals surface area contributed by atoms with Gasteiger partial charge in [-0.1, -0.05) is 17.7 Å². The maximum Gasteiger partial charge on any atom is 0.101 e. The van der Waals surface area contributed by atoms with E-state index in [1.54, 1.807) is 0 Å². The molecule has 0 aliphatic rings. The second kappa shape index (κ2) is 4.10. The number of hydrogen-bond donors (Lipinski definition) is 0. The van der Waals surface area contributed by atoms with Gasteiger partial charge >= 0.3 is 0 Å². The summed E-state index contributed by atoms with van der Waals surface area (Å²) in [4.78, 5) is 0. The third-order valence-electron chi connectivity index (χ3n) is 3.32. The van der Waals surface area contributed by atoms with Gasteiger partial charge < -0.3 is 4.57 Å². The van der Waals surface area contributed by atoms with Crippen LogP contribution >= 0.6 is 0 Å². The van der Waals surface area contributed by atoms with E-state index >= 15 is 0 Å². The summed E-state index contributed by atoms with van der Waals surface area (Å²) >= 11 is 0. The Kier molecular flexibility index (Phi) is 2.77. The highest BCUT2D eigenvalue weighted by molar-refractivity contribution is 5.68. The standard InChI is InChI=1S/C15H16N2/c1-10-5-6-11(2)14(7-10)15-8-13(9-16)12(3)17(15)4/h5-8H,1-4H3. The second-order valence-corrected chi connectivity index (χ2v) is 4.52. The van der Waals surface area contributed by atoms with E-state index in [1.807, 2.05) is 20.0 Å². The molecule has 1 aromatic heterocycles.